The average molecular weight is 280 g/mol. The number of ether oxygens (including phenoxy) is 3. The van der Waals surface area contributed by atoms with Crippen molar-refractivity contribution in [1.82, 2.24) is 4.98 Å². The Labute approximate surface area is 118 Å². The molecule has 0 radical (unpaired) electrons. The molecule has 1 N–H and O–H groups in total. The molecule has 110 valence electrons. The molecule has 6 nitrogen and oxygen atoms in total. The number of nitrogens with one attached hydrogen (secondary N) is 1. The van der Waals surface area contributed by atoms with Crippen LogP contribution in [0.5, 0.6) is 0 Å². The molecular weight excluding hydrogens is 260 g/mol. The molecule has 1 unspecified atom stereocenters. The van der Waals surface area contributed by atoms with Crippen LogP contribution in [0.2, 0.25) is 0 Å². The summed E-state index contributed by atoms with van der Waals surface area (Å²) in [5.74, 6) is 0.131. The van der Waals surface area contributed by atoms with Gasteiger partial charge in [-0.15, -0.1) is 0 Å². The number of hydrogen-bond acceptors (Lipinski definition) is 6. The lowest BCUT2D eigenvalue weighted by Crippen LogP contribution is -2.40. The predicted molar refractivity (Wildman–Crippen MR) is 73.9 cm³/mol. The highest BCUT2D eigenvalue weighted by Gasteiger charge is 2.35. The highest BCUT2D eigenvalue weighted by molar-refractivity contribution is 5.94. The number of esters is 1. The number of methoxy groups -OCH3 is 1. The Hall–Kier alpha value is -1.66. The first kappa shape index (κ1) is 14.7. The lowest BCUT2D eigenvalue weighted by Gasteiger charge is -2.26. The van der Waals surface area contributed by atoms with Crippen molar-refractivity contribution in [2.45, 2.75) is 18.9 Å². The number of aromatic nitrogens is 1. The summed E-state index contributed by atoms with van der Waals surface area (Å²) in [4.78, 5) is 16.1. The van der Waals surface area contributed by atoms with E-state index in [2.05, 4.69) is 10.3 Å². The molecule has 0 aliphatic carbocycles. The molecule has 1 aliphatic heterocycles. The second-order valence-electron chi connectivity index (χ2n) is 4.66. The van der Waals surface area contributed by atoms with Gasteiger partial charge in [-0.25, -0.2) is 9.78 Å². The van der Waals surface area contributed by atoms with Crippen LogP contribution in [-0.4, -0.2) is 50.0 Å². The molecule has 1 aliphatic rings. The fourth-order valence-corrected chi connectivity index (χ4v) is 2.13. The molecule has 0 amide bonds. The van der Waals surface area contributed by atoms with Gasteiger partial charge in [-0.2, -0.15) is 0 Å². The van der Waals surface area contributed by atoms with Gasteiger partial charge in [0.2, 0.25) is 0 Å². The van der Waals surface area contributed by atoms with Crippen LogP contribution in [-0.2, 0) is 14.2 Å². The predicted octanol–water partition coefficient (Wildman–Crippen LogP) is 1.48. The number of carbonyl (C=O) groups excluding carboxylic acids is 1. The zero-order chi connectivity index (χ0) is 14.4. The third-order valence-corrected chi connectivity index (χ3v) is 3.38. The number of carbonyl (C=O) groups is 1. The summed E-state index contributed by atoms with van der Waals surface area (Å²) < 4.78 is 15.9. The van der Waals surface area contributed by atoms with E-state index in [1.165, 1.54) is 0 Å². The zero-order valence-electron chi connectivity index (χ0n) is 11.8. The van der Waals surface area contributed by atoms with Crippen LogP contribution in [0.1, 0.15) is 23.7 Å². The maximum atomic E-state index is 11.9. The molecule has 6 heteroatoms. The maximum absolute atomic E-state index is 11.9. The average Bonchev–Trinajstić information content (AvgIpc) is 2.95. The van der Waals surface area contributed by atoms with Crippen molar-refractivity contribution in [3.63, 3.8) is 0 Å². The molecule has 2 rings (SSSR count). The zero-order valence-corrected chi connectivity index (χ0v) is 11.8. The topological polar surface area (TPSA) is 69.7 Å². The van der Waals surface area contributed by atoms with E-state index in [1.807, 2.05) is 0 Å². The Kier molecular flexibility index (Phi) is 4.92. The van der Waals surface area contributed by atoms with Gasteiger partial charge in [-0.3, -0.25) is 0 Å². The van der Waals surface area contributed by atoms with Crippen molar-refractivity contribution in [1.29, 1.82) is 0 Å². The first-order chi connectivity index (χ1) is 9.71. The molecule has 2 heterocycles. The van der Waals surface area contributed by atoms with E-state index < -0.39 is 0 Å². The van der Waals surface area contributed by atoms with Crippen molar-refractivity contribution < 1.29 is 19.0 Å². The van der Waals surface area contributed by atoms with Gasteiger partial charge < -0.3 is 19.5 Å². The minimum absolute atomic E-state index is 0.336. The third kappa shape index (κ3) is 3.26. The summed E-state index contributed by atoms with van der Waals surface area (Å²) in [6, 6.07) is 3.40. The second kappa shape index (κ2) is 6.67. The summed E-state index contributed by atoms with van der Waals surface area (Å²) in [5.41, 5.74) is 0.0724. The SMILES string of the molecule is CCOC(=O)c1cccnc1NCC1(OC)CCOC1. The highest BCUT2D eigenvalue weighted by Crippen LogP contribution is 2.23. The molecule has 1 fully saturated rings. The largest absolute Gasteiger partial charge is 0.462 e. The standard InChI is InChI=1S/C14H20N2O4/c1-3-20-13(17)11-5-4-7-15-12(11)16-9-14(18-2)6-8-19-10-14/h4-5,7H,3,6,8-10H2,1-2H3,(H,15,16). The van der Waals surface area contributed by atoms with Crippen LogP contribution in [0.15, 0.2) is 18.3 Å². The molecule has 1 saturated heterocycles. The monoisotopic (exact) mass is 280 g/mol. The van der Waals surface area contributed by atoms with Crippen molar-refractivity contribution in [3.05, 3.63) is 23.9 Å². The van der Waals surface area contributed by atoms with E-state index in [-0.39, 0.29) is 11.6 Å². The van der Waals surface area contributed by atoms with Crippen LogP contribution < -0.4 is 5.32 Å². The molecular formula is C14H20N2O4. The molecule has 1 atom stereocenters. The molecule has 1 aromatic heterocycles. The normalized spacial score (nSPS) is 21.7. The van der Waals surface area contributed by atoms with Gasteiger partial charge in [-0.05, 0) is 19.1 Å². The Bertz CT molecular complexity index is 458. The summed E-state index contributed by atoms with van der Waals surface area (Å²) in [7, 11) is 1.67. The molecule has 0 saturated carbocycles. The molecule has 20 heavy (non-hydrogen) atoms. The fraction of sp³-hybridized carbons (Fsp3) is 0.571. The Morgan fingerprint density at radius 1 is 1.60 bits per heavy atom. The summed E-state index contributed by atoms with van der Waals surface area (Å²) in [5, 5.41) is 3.17. The lowest BCUT2D eigenvalue weighted by molar-refractivity contribution is -0.00628. The van der Waals surface area contributed by atoms with Crippen molar-refractivity contribution >= 4 is 11.8 Å². The first-order valence-corrected chi connectivity index (χ1v) is 6.70. The van der Waals surface area contributed by atoms with Gasteiger partial charge >= 0.3 is 5.97 Å². The number of nitrogens with zero attached hydrogens (tertiary/aromatic N) is 1. The van der Waals surface area contributed by atoms with Crippen molar-refractivity contribution in [3.8, 4) is 0 Å². The van der Waals surface area contributed by atoms with E-state index in [1.54, 1.807) is 32.4 Å². The van der Waals surface area contributed by atoms with Crippen LogP contribution in [0.4, 0.5) is 5.82 Å². The van der Waals surface area contributed by atoms with Gasteiger partial charge in [0.1, 0.15) is 17.0 Å². The van der Waals surface area contributed by atoms with Gasteiger partial charge in [0, 0.05) is 32.9 Å². The number of pyridine rings is 1. The summed E-state index contributed by atoms with van der Waals surface area (Å²) >= 11 is 0. The quantitative estimate of drug-likeness (QED) is 0.796. The first-order valence-electron chi connectivity index (χ1n) is 6.70. The van der Waals surface area contributed by atoms with Crippen LogP contribution in [0.3, 0.4) is 0 Å². The molecule has 0 bridgehead atoms. The van der Waals surface area contributed by atoms with Gasteiger partial charge in [0.05, 0.1) is 13.2 Å². The van der Waals surface area contributed by atoms with E-state index >= 15 is 0 Å². The van der Waals surface area contributed by atoms with Crippen LogP contribution in [0.25, 0.3) is 0 Å². The second-order valence-corrected chi connectivity index (χ2v) is 4.66. The smallest absolute Gasteiger partial charge is 0.341 e. The van der Waals surface area contributed by atoms with E-state index in [4.69, 9.17) is 14.2 Å². The minimum atomic E-state index is -0.378. The van der Waals surface area contributed by atoms with Crippen molar-refractivity contribution in [2.24, 2.45) is 0 Å². The molecule has 1 aromatic rings. The molecule has 0 spiro atoms. The number of anilines is 1. The van der Waals surface area contributed by atoms with Crippen LogP contribution in [0, 0.1) is 0 Å². The maximum Gasteiger partial charge on any atom is 0.341 e. The van der Waals surface area contributed by atoms with E-state index in [0.717, 1.165) is 6.42 Å². The number of rotatable bonds is 6. The minimum Gasteiger partial charge on any atom is -0.462 e. The molecule has 0 aromatic carbocycles. The lowest BCUT2D eigenvalue weighted by atomic mass is 10.0. The van der Waals surface area contributed by atoms with Crippen LogP contribution >= 0.6 is 0 Å². The van der Waals surface area contributed by atoms with E-state index in [9.17, 15) is 4.79 Å². The fourth-order valence-electron chi connectivity index (χ4n) is 2.13. The Morgan fingerprint density at radius 3 is 3.10 bits per heavy atom. The highest BCUT2D eigenvalue weighted by atomic mass is 16.5. The Morgan fingerprint density at radius 2 is 2.45 bits per heavy atom. The third-order valence-electron chi connectivity index (χ3n) is 3.38. The Balaban J connectivity index is 2.07. The van der Waals surface area contributed by atoms with Crippen molar-refractivity contribution in [2.75, 3.05) is 38.8 Å². The number of hydrogen-bond donors (Lipinski definition) is 1. The van der Waals surface area contributed by atoms with E-state index in [0.29, 0.717) is 37.7 Å². The summed E-state index contributed by atoms with van der Waals surface area (Å²) in [6.07, 6.45) is 2.45. The van der Waals surface area contributed by atoms with Gasteiger partial charge in [0.25, 0.3) is 0 Å². The van der Waals surface area contributed by atoms with Gasteiger partial charge in [0.15, 0.2) is 0 Å². The van der Waals surface area contributed by atoms with Gasteiger partial charge in [-0.1, -0.05) is 0 Å². The summed E-state index contributed by atoms with van der Waals surface area (Å²) in [6.45, 7) is 3.87.